The molecular formula is C14H15N3O5. The Balaban J connectivity index is 1.88. The van der Waals surface area contributed by atoms with Crippen molar-refractivity contribution in [2.45, 2.75) is 19.1 Å². The van der Waals surface area contributed by atoms with Crippen LogP contribution in [0.2, 0.25) is 0 Å². The van der Waals surface area contributed by atoms with E-state index >= 15 is 0 Å². The third-order valence-electron chi connectivity index (χ3n) is 2.88. The number of imidazole rings is 1. The van der Waals surface area contributed by atoms with Crippen LogP contribution in [0.25, 0.3) is 0 Å². The molecule has 2 aromatic rings. The Bertz CT molecular complexity index is 692. The predicted octanol–water partition coefficient (Wildman–Crippen LogP) is 0.625. The van der Waals surface area contributed by atoms with Gasteiger partial charge in [-0.05, 0) is 5.56 Å². The molecule has 1 atom stereocenters. The Morgan fingerprint density at radius 2 is 2.00 bits per heavy atom. The predicted molar refractivity (Wildman–Crippen MR) is 76.3 cm³/mol. The van der Waals surface area contributed by atoms with Crippen LogP contribution in [0.15, 0.2) is 41.3 Å². The van der Waals surface area contributed by atoms with E-state index in [0.29, 0.717) is 5.69 Å². The second-order valence-electron chi connectivity index (χ2n) is 4.57. The Kier molecular flexibility index (Phi) is 4.97. The number of ether oxygens (including phenoxy) is 1. The summed E-state index contributed by atoms with van der Waals surface area (Å²) in [5.74, 6) is -1.22. The molecule has 116 valence electrons. The number of nitrogens with one attached hydrogen (secondary N) is 3. The van der Waals surface area contributed by atoms with E-state index in [-0.39, 0.29) is 13.0 Å². The van der Waals surface area contributed by atoms with Gasteiger partial charge in [0.15, 0.2) is 0 Å². The standard InChI is InChI=1S/C14H15N3O5/c18-12(19)11(6-10-7-15-13(20)16-10)17-14(21)22-8-9-4-2-1-3-5-9/h1-5,7,11H,6,8H2,(H,17,21)(H,18,19)(H2,15,16,20)/t11-/m0/s1. The molecule has 1 heterocycles. The highest BCUT2D eigenvalue weighted by Crippen LogP contribution is 2.02. The average Bonchev–Trinajstić information content (AvgIpc) is 2.91. The number of benzene rings is 1. The number of carbonyl (C=O) groups is 2. The van der Waals surface area contributed by atoms with Crippen LogP contribution in [-0.4, -0.2) is 33.2 Å². The van der Waals surface area contributed by atoms with Crippen molar-refractivity contribution in [2.75, 3.05) is 0 Å². The molecule has 22 heavy (non-hydrogen) atoms. The van der Waals surface area contributed by atoms with Gasteiger partial charge in [-0.25, -0.2) is 14.4 Å². The fourth-order valence-corrected chi connectivity index (χ4v) is 1.81. The highest BCUT2D eigenvalue weighted by Gasteiger charge is 2.21. The first-order chi connectivity index (χ1) is 10.5. The summed E-state index contributed by atoms with van der Waals surface area (Å²) >= 11 is 0. The number of carboxylic acids is 1. The number of rotatable bonds is 6. The monoisotopic (exact) mass is 305 g/mol. The molecule has 0 radical (unpaired) electrons. The Hall–Kier alpha value is -3.03. The van der Waals surface area contributed by atoms with Crippen LogP contribution in [0.1, 0.15) is 11.3 Å². The van der Waals surface area contributed by atoms with Crippen molar-refractivity contribution < 1.29 is 19.4 Å². The first-order valence-electron chi connectivity index (χ1n) is 6.51. The van der Waals surface area contributed by atoms with Gasteiger partial charge in [-0.3, -0.25) is 0 Å². The molecule has 0 saturated carbocycles. The SMILES string of the molecule is O=C(N[C@@H](Cc1c[nH]c(=O)[nH]1)C(=O)O)OCc1ccccc1. The number of carboxylic acid groups (broad SMARTS) is 1. The van der Waals surface area contributed by atoms with E-state index in [2.05, 4.69) is 15.3 Å². The fourth-order valence-electron chi connectivity index (χ4n) is 1.81. The van der Waals surface area contributed by atoms with Crippen LogP contribution < -0.4 is 11.0 Å². The highest BCUT2D eigenvalue weighted by atomic mass is 16.5. The van der Waals surface area contributed by atoms with Crippen molar-refractivity contribution in [3.05, 3.63) is 58.3 Å². The number of aromatic nitrogens is 2. The molecule has 0 aliphatic rings. The van der Waals surface area contributed by atoms with E-state index < -0.39 is 23.8 Å². The summed E-state index contributed by atoms with van der Waals surface area (Å²) in [4.78, 5) is 38.5. The van der Waals surface area contributed by atoms with E-state index in [1.165, 1.54) is 6.20 Å². The van der Waals surface area contributed by atoms with Crippen LogP contribution >= 0.6 is 0 Å². The number of aromatic amines is 2. The lowest BCUT2D eigenvalue weighted by molar-refractivity contribution is -0.139. The zero-order valence-corrected chi connectivity index (χ0v) is 11.5. The van der Waals surface area contributed by atoms with Crippen LogP contribution in [0, 0.1) is 0 Å². The molecule has 8 nitrogen and oxygen atoms in total. The van der Waals surface area contributed by atoms with Gasteiger partial charge in [0, 0.05) is 18.3 Å². The smallest absolute Gasteiger partial charge is 0.408 e. The van der Waals surface area contributed by atoms with Gasteiger partial charge in [-0.1, -0.05) is 30.3 Å². The van der Waals surface area contributed by atoms with E-state index in [0.717, 1.165) is 5.56 Å². The molecule has 1 amide bonds. The van der Waals surface area contributed by atoms with Gasteiger partial charge in [0.2, 0.25) is 0 Å². The molecule has 1 aromatic carbocycles. The normalized spacial score (nSPS) is 11.6. The number of hydrogen-bond donors (Lipinski definition) is 4. The van der Waals surface area contributed by atoms with E-state index in [1.807, 2.05) is 6.07 Å². The lowest BCUT2D eigenvalue weighted by Gasteiger charge is -2.13. The van der Waals surface area contributed by atoms with Crippen molar-refractivity contribution in [2.24, 2.45) is 0 Å². The maximum absolute atomic E-state index is 11.7. The minimum atomic E-state index is -1.22. The van der Waals surface area contributed by atoms with Crippen molar-refractivity contribution in [3.8, 4) is 0 Å². The first-order valence-corrected chi connectivity index (χ1v) is 6.51. The van der Waals surface area contributed by atoms with Crippen LogP contribution in [0.5, 0.6) is 0 Å². The number of alkyl carbamates (subject to hydrolysis) is 1. The lowest BCUT2D eigenvalue weighted by Crippen LogP contribution is -2.42. The molecular weight excluding hydrogens is 290 g/mol. The maximum Gasteiger partial charge on any atom is 0.408 e. The highest BCUT2D eigenvalue weighted by molar-refractivity contribution is 5.80. The third-order valence-corrected chi connectivity index (χ3v) is 2.88. The maximum atomic E-state index is 11.7. The summed E-state index contributed by atoms with van der Waals surface area (Å²) in [5, 5.41) is 11.4. The van der Waals surface area contributed by atoms with E-state index in [4.69, 9.17) is 9.84 Å². The molecule has 0 unspecified atom stereocenters. The van der Waals surface area contributed by atoms with Gasteiger partial charge in [0.25, 0.3) is 0 Å². The van der Waals surface area contributed by atoms with Gasteiger partial charge < -0.3 is 25.1 Å². The summed E-state index contributed by atoms with van der Waals surface area (Å²) in [6.07, 6.45) is 0.457. The van der Waals surface area contributed by atoms with Crippen LogP contribution in [-0.2, 0) is 22.6 Å². The minimum Gasteiger partial charge on any atom is -0.480 e. The van der Waals surface area contributed by atoms with Crippen molar-refractivity contribution >= 4 is 12.1 Å². The van der Waals surface area contributed by atoms with Gasteiger partial charge in [-0.15, -0.1) is 0 Å². The van der Waals surface area contributed by atoms with Crippen molar-refractivity contribution in [1.29, 1.82) is 0 Å². The number of carbonyl (C=O) groups excluding carboxylic acids is 1. The molecule has 4 N–H and O–H groups in total. The van der Waals surface area contributed by atoms with E-state index in [9.17, 15) is 14.4 Å². The molecule has 8 heteroatoms. The summed E-state index contributed by atoms with van der Waals surface area (Å²) in [5.41, 5.74) is 0.728. The van der Waals surface area contributed by atoms with Crippen LogP contribution in [0.4, 0.5) is 4.79 Å². The third kappa shape index (κ3) is 4.51. The van der Waals surface area contributed by atoms with Crippen molar-refractivity contribution in [3.63, 3.8) is 0 Å². The molecule has 2 rings (SSSR count). The summed E-state index contributed by atoms with van der Waals surface area (Å²) < 4.78 is 4.96. The summed E-state index contributed by atoms with van der Waals surface area (Å²) in [6.45, 7) is 0.0417. The largest absolute Gasteiger partial charge is 0.480 e. The Morgan fingerprint density at radius 1 is 1.27 bits per heavy atom. The van der Waals surface area contributed by atoms with Gasteiger partial charge in [0.05, 0.1) is 0 Å². The molecule has 0 fully saturated rings. The second kappa shape index (κ2) is 7.11. The molecule has 0 saturated heterocycles. The first kappa shape index (κ1) is 15.4. The van der Waals surface area contributed by atoms with Gasteiger partial charge >= 0.3 is 17.8 Å². The van der Waals surface area contributed by atoms with Gasteiger partial charge in [-0.2, -0.15) is 0 Å². The lowest BCUT2D eigenvalue weighted by atomic mass is 10.2. The second-order valence-corrected chi connectivity index (χ2v) is 4.57. The average molecular weight is 305 g/mol. The molecule has 0 bridgehead atoms. The quantitative estimate of drug-likeness (QED) is 0.623. The van der Waals surface area contributed by atoms with Gasteiger partial charge in [0.1, 0.15) is 12.6 Å². The topological polar surface area (TPSA) is 124 Å². The van der Waals surface area contributed by atoms with Crippen LogP contribution in [0.3, 0.4) is 0 Å². The van der Waals surface area contributed by atoms with Crippen molar-refractivity contribution in [1.82, 2.24) is 15.3 Å². The number of H-pyrrole nitrogens is 2. The summed E-state index contributed by atoms with van der Waals surface area (Å²) in [7, 11) is 0. The number of hydrogen-bond acceptors (Lipinski definition) is 4. The molecule has 0 aliphatic heterocycles. The number of aliphatic carboxylic acids is 1. The Morgan fingerprint density at radius 3 is 2.59 bits per heavy atom. The summed E-state index contributed by atoms with van der Waals surface area (Å²) in [6, 6.07) is 7.81. The number of amides is 1. The Labute approximate surface area is 125 Å². The van der Waals surface area contributed by atoms with E-state index in [1.54, 1.807) is 24.3 Å². The fraction of sp³-hybridized carbons (Fsp3) is 0.214. The zero-order valence-electron chi connectivity index (χ0n) is 11.5. The minimum absolute atomic E-state index is 0.0417. The molecule has 0 spiro atoms. The zero-order chi connectivity index (χ0) is 15.9. The molecule has 1 aromatic heterocycles. The molecule has 0 aliphatic carbocycles.